The zero-order chi connectivity index (χ0) is 19.9. The molecule has 1 aromatic rings. The van der Waals surface area contributed by atoms with Gasteiger partial charge in [0.1, 0.15) is 0 Å². The van der Waals surface area contributed by atoms with Gasteiger partial charge in [-0.05, 0) is 25.8 Å². The molecule has 1 aliphatic rings. The predicted octanol–water partition coefficient (Wildman–Crippen LogP) is 1.15. The Balaban J connectivity index is 2.24. The standard InChI is InChI=1S/C18H24N2O6S/c1-3-25-17(21)12-16-15(18(22)26-4-2)13-20(27(23,24)19-16)11-10-14-8-6-5-7-9-14/h5-9,13,16,19H,3-4,10-12H2,1-2H3. The number of carbonyl (C=O) groups excluding carboxylic acids is 2. The molecule has 1 N–H and O–H groups in total. The summed E-state index contributed by atoms with van der Waals surface area (Å²) in [6.07, 6.45) is 1.43. The van der Waals surface area contributed by atoms with Gasteiger partial charge in [0.2, 0.25) is 0 Å². The first kappa shape index (κ1) is 20.9. The third-order valence-corrected chi connectivity index (χ3v) is 5.40. The summed E-state index contributed by atoms with van der Waals surface area (Å²) in [5.74, 6) is -1.27. The summed E-state index contributed by atoms with van der Waals surface area (Å²) < 4.78 is 38.4. The average molecular weight is 396 g/mol. The second kappa shape index (κ2) is 9.52. The zero-order valence-electron chi connectivity index (χ0n) is 15.4. The highest BCUT2D eigenvalue weighted by molar-refractivity contribution is 7.87. The largest absolute Gasteiger partial charge is 0.466 e. The number of nitrogens with zero attached hydrogens (tertiary/aromatic N) is 1. The Morgan fingerprint density at radius 3 is 2.41 bits per heavy atom. The van der Waals surface area contributed by atoms with Gasteiger partial charge < -0.3 is 9.47 Å². The molecule has 0 saturated heterocycles. The van der Waals surface area contributed by atoms with E-state index in [1.807, 2.05) is 30.3 Å². The summed E-state index contributed by atoms with van der Waals surface area (Å²) in [5.41, 5.74) is 1.04. The number of esters is 2. The Morgan fingerprint density at radius 2 is 1.78 bits per heavy atom. The van der Waals surface area contributed by atoms with E-state index in [4.69, 9.17) is 9.47 Å². The monoisotopic (exact) mass is 396 g/mol. The normalized spacial score (nSPS) is 18.5. The summed E-state index contributed by atoms with van der Waals surface area (Å²) >= 11 is 0. The number of carbonyl (C=O) groups is 2. The zero-order valence-corrected chi connectivity index (χ0v) is 16.2. The van der Waals surface area contributed by atoms with Crippen LogP contribution in [0.15, 0.2) is 42.1 Å². The van der Waals surface area contributed by atoms with Crippen molar-refractivity contribution in [3.63, 3.8) is 0 Å². The molecule has 0 spiro atoms. The van der Waals surface area contributed by atoms with E-state index < -0.39 is 28.2 Å². The third kappa shape index (κ3) is 5.80. The maximum absolute atomic E-state index is 12.5. The van der Waals surface area contributed by atoms with Crippen LogP contribution in [0.3, 0.4) is 0 Å². The van der Waals surface area contributed by atoms with Crippen LogP contribution in [0.25, 0.3) is 0 Å². The smallest absolute Gasteiger partial charge is 0.337 e. The first-order chi connectivity index (χ1) is 12.9. The fourth-order valence-corrected chi connectivity index (χ4v) is 3.93. The van der Waals surface area contributed by atoms with Crippen molar-refractivity contribution in [1.29, 1.82) is 0 Å². The molecule has 1 heterocycles. The van der Waals surface area contributed by atoms with Crippen LogP contribution < -0.4 is 4.72 Å². The molecular weight excluding hydrogens is 372 g/mol. The van der Waals surface area contributed by atoms with Gasteiger partial charge in [-0.25, -0.2) is 4.79 Å². The Bertz CT molecular complexity index is 791. The van der Waals surface area contributed by atoms with E-state index in [1.165, 1.54) is 6.20 Å². The Hall–Kier alpha value is -2.39. The van der Waals surface area contributed by atoms with Gasteiger partial charge >= 0.3 is 22.1 Å². The number of ether oxygens (including phenoxy) is 2. The second-order valence-electron chi connectivity index (χ2n) is 5.84. The molecule has 0 amide bonds. The van der Waals surface area contributed by atoms with Crippen LogP contribution >= 0.6 is 0 Å². The number of rotatable bonds is 8. The van der Waals surface area contributed by atoms with Crippen molar-refractivity contribution in [3.8, 4) is 0 Å². The van der Waals surface area contributed by atoms with Crippen LogP contribution in [0.1, 0.15) is 25.8 Å². The van der Waals surface area contributed by atoms with Crippen molar-refractivity contribution in [2.75, 3.05) is 19.8 Å². The molecule has 1 atom stereocenters. The van der Waals surface area contributed by atoms with Crippen LogP contribution in [0.2, 0.25) is 0 Å². The molecule has 0 bridgehead atoms. The maximum Gasteiger partial charge on any atom is 0.337 e. The molecular formula is C18H24N2O6S. The summed E-state index contributed by atoms with van der Waals surface area (Å²) in [6, 6.07) is 8.37. The van der Waals surface area contributed by atoms with Crippen LogP contribution in [0, 0.1) is 0 Å². The second-order valence-corrected chi connectivity index (χ2v) is 7.49. The average Bonchev–Trinajstić information content (AvgIpc) is 2.61. The maximum atomic E-state index is 12.5. The van der Waals surface area contributed by atoms with Gasteiger partial charge in [0.25, 0.3) is 0 Å². The fraction of sp³-hybridized carbons (Fsp3) is 0.444. The van der Waals surface area contributed by atoms with Crippen LogP contribution in [-0.2, 0) is 35.7 Å². The van der Waals surface area contributed by atoms with Crippen molar-refractivity contribution < 1.29 is 27.5 Å². The Labute approximate surface area is 159 Å². The molecule has 0 aliphatic carbocycles. The quantitative estimate of drug-likeness (QED) is 0.662. The van der Waals surface area contributed by atoms with Gasteiger partial charge in [-0.1, -0.05) is 30.3 Å². The molecule has 0 fully saturated rings. The van der Waals surface area contributed by atoms with Gasteiger partial charge in [0, 0.05) is 12.7 Å². The van der Waals surface area contributed by atoms with Gasteiger partial charge in [0.15, 0.2) is 0 Å². The third-order valence-electron chi connectivity index (χ3n) is 3.91. The summed E-state index contributed by atoms with van der Waals surface area (Å²) in [5, 5.41) is 0. The van der Waals surface area contributed by atoms with E-state index in [2.05, 4.69) is 4.72 Å². The highest BCUT2D eigenvalue weighted by Crippen LogP contribution is 2.20. The lowest BCUT2D eigenvalue weighted by Gasteiger charge is -2.31. The van der Waals surface area contributed by atoms with Crippen molar-refractivity contribution in [2.45, 2.75) is 32.7 Å². The Kier molecular flexibility index (Phi) is 7.37. The number of hydrogen-bond acceptors (Lipinski definition) is 6. The number of hydrogen-bond donors (Lipinski definition) is 1. The number of nitrogens with one attached hydrogen (secondary N) is 1. The molecule has 0 aromatic heterocycles. The van der Waals surface area contributed by atoms with E-state index >= 15 is 0 Å². The molecule has 1 unspecified atom stereocenters. The first-order valence-electron chi connectivity index (χ1n) is 8.74. The van der Waals surface area contributed by atoms with Crippen LogP contribution in [0.4, 0.5) is 0 Å². The predicted molar refractivity (Wildman–Crippen MR) is 98.7 cm³/mol. The first-order valence-corrected chi connectivity index (χ1v) is 10.2. The Morgan fingerprint density at radius 1 is 1.11 bits per heavy atom. The topological polar surface area (TPSA) is 102 Å². The molecule has 8 nitrogen and oxygen atoms in total. The molecule has 2 rings (SSSR count). The highest BCUT2D eigenvalue weighted by atomic mass is 32.2. The lowest BCUT2D eigenvalue weighted by Crippen LogP contribution is -2.51. The van der Waals surface area contributed by atoms with Crippen molar-refractivity contribution in [2.24, 2.45) is 0 Å². The molecule has 148 valence electrons. The van der Waals surface area contributed by atoms with E-state index in [0.29, 0.717) is 6.42 Å². The summed E-state index contributed by atoms with van der Waals surface area (Å²) in [4.78, 5) is 24.1. The molecule has 27 heavy (non-hydrogen) atoms. The highest BCUT2D eigenvalue weighted by Gasteiger charge is 2.36. The van der Waals surface area contributed by atoms with Gasteiger partial charge in [-0.3, -0.25) is 9.10 Å². The van der Waals surface area contributed by atoms with E-state index in [-0.39, 0.29) is 31.8 Å². The van der Waals surface area contributed by atoms with Gasteiger partial charge in [-0.2, -0.15) is 13.1 Å². The number of benzene rings is 1. The lowest BCUT2D eigenvalue weighted by molar-refractivity contribution is -0.143. The molecule has 9 heteroatoms. The van der Waals surface area contributed by atoms with Crippen molar-refractivity contribution in [3.05, 3.63) is 47.7 Å². The minimum Gasteiger partial charge on any atom is -0.466 e. The van der Waals surface area contributed by atoms with E-state index in [0.717, 1.165) is 9.87 Å². The minimum absolute atomic E-state index is 0.0767. The molecule has 0 saturated carbocycles. The lowest BCUT2D eigenvalue weighted by atomic mass is 10.1. The van der Waals surface area contributed by atoms with Crippen molar-refractivity contribution in [1.82, 2.24) is 9.03 Å². The molecule has 1 aromatic carbocycles. The summed E-state index contributed by atoms with van der Waals surface area (Å²) in [6.45, 7) is 3.75. The minimum atomic E-state index is -3.89. The van der Waals surface area contributed by atoms with E-state index in [1.54, 1.807) is 13.8 Å². The van der Waals surface area contributed by atoms with Gasteiger partial charge in [0.05, 0.1) is 31.2 Å². The van der Waals surface area contributed by atoms with E-state index in [9.17, 15) is 18.0 Å². The fourth-order valence-electron chi connectivity index (χ4n) is 2.64. The molecule has 0 radical (unpaired) electrons. The SMILES string of the molecule is CCOC(=O)CC1NS(=O)(=O)N(CCc2ccccc2)C=C1C(=O)OCC. The van der Waals surface area contributed by atoms with Crippen LogP contribution in [0.5, 0.6) is 0 Å². The molecule has 1 aliphatic heterocycles. The van der Waals surface area contributed by atoms with Crippen molar-refractivity contribution >= 4 is 22.1 Å². The summed E-state index contributed by atoms with van der Waals surface area (Å²) in [7, 11) is -3.89. The van der Waals surface area contributed by atoms with Gasteiger partial charge in [-0.15, -0.1) is 0 Å². The van der Waals surface area contributed by atoms with Crippen LogP contribution in [-0.4, -0.2) is 50.5 Å².